The third-order valence-electron chi connectivity index (χ3n) is 4.23. The van der Waals surface area contributed by atoms with Crippen LogP contribution in [0.1, 0.15) is 16.1 Å². The fourth-order valence-corrected chi connectivity index (χ4v) is 2.78. The van der Waals surface area contributed by atoms with Crippen molar-refractivity contribution in [1.82, 2.24) is 15.2 Å². The molecule has 27 heavy (non-hydrogen) atoms. The number of aryl methyl sites for hydroxylation is 1. The van der Waals surface area contributed by atoms with Crippen LogP contribution in [0.5, 0.6) is 0 Å². The Hall–Kier alpha value is -3.61. The minimum atomic E-state index is -1.03. The second kappa shape index (κ2) is 6.60. The van der Waals surface area contributed by atoms with Gasteiger partial charge in [-0.2, -0.15) is 5.10 Å². The predicted octanol–water partition coefficient (Wildman–Crippen LogP) is 4.46. The van der Waals surface area contributed by atoms with Gasteiger partial charge in [0.2, 0.25) is 0 Å². The van der Waals surface area contributed by atoms with Crippen LogP contribution in [0.2, 0.25) is 0 Å². The van der Waals surface area contributed by atoms with Crippen molar-refractivity contribution in [2.75, 3.05) is 5.32 Å². The first kappa shape index (κ1) is 16.8. The number of pyridine rings is 1. The Labute approximate surface area is 153 Å². The fourth-order valence-electron chi connectivity index (χ4n) is 2.78. The van der Waals surface area contributed by atoms with Crippen molar-refractivity contribution in [1.29, 1.82) is 0 Å². The second-order valence-electron chi connectivity index (χ2n) is 6.12. The highest BCUT2D eigenvalue weighted by molar-refractivity contribution is 6.04. The molecule has 0 fully saturated rings. The molecule has 4 rings (SSSR count). The summed E-state index contributed by atoms with van der Waals surface area (Å²) in [5.41, 5.74) is 3.34. The Balaban J connectivity index is 1.66. The highest BCUT2D eigenvalue weighted by Gasteiger charge is 2.14. The number of halogens is 2. The average Bonchev–Trinajstić information content (AvgIpc) is 3.13. The molecule has 5 nitrogen and oxygen atoms in total. The summed E-state index contributed by atoms with van der Waals surface area (Å²) in [7, 11) is 0. The van der Waals surface area contributed by atoms with Crippen molar-refractivity contribution >= 4 is 22.5 Å². The zero-order chi connectivity index (χ0) is 19.0. The van der Waals surface area contributed by atoms with Crippen molar-refractivity contribution in [3.8, 4) is 11.3 Å². The largest absolute Gasteiger partial charge is 0.321 e. The number of carbonyl (C=O) groups excluding carboxylic acids is 1. The van der Waals surface area contributed by atoms with Crippen molar-refractivity contribution in [2.45, 2.75) is 6.92 Å². The van der Waals surface area contributed by atoms with Gasteiger partial charge in [-0.1, -0.05) is 18.2 Å². The first-order valence-electron chi connectivity index (χ1n) is 8.19. The lowest BCUT2D eigenvalue weighted by atomic mass is 10.1. The molecule has 0 saturated carbocycles. The Morgan fingerprint density at radius 2 is 1.89 bits per heavy atom. The quantitative estimate of drug-likeness (QED) is 0.564. The van der Waals surface area contributed by atoms with Gasteiger partial charge in [0.1, 0.15) is 5.69 Å². The lowest BCUT2D eigenvalue weighted by Gasteiger charge is -2.10. The summed E-state index contributed by atoms with van der Waals surface area (Å²) in [4.78, 5) is 17.0. The van der Waals surface area contributed by atoms with Gasteiger partial charge in [-0.15, -0.1) is 0 Å². The molecular weight excluding hydrogens is 350 g/mol. The normalized spacial score (nSPS) is 10.9. The summed E-state index contributed by atoms with van der Waals surface area (Å²) in [5, 5.41) is 10.4. The maximum Gasteiger partial charge on any atom is 0.274 e. The number of hydrogen-bond donors (Lipinski definition) is 2. The summed E-state index contributed by atoms with van der Waals surface area (Å²) in [6, 6.07) is 12.5. The van der Waals surface area contributed by atoms with E-state index in [1.807, 2.05) is 24.3 Å². The molecule has 2 heterocycles. The van der Waals surface area contributed by atoms with Crippen LogP contribution in [-0.4, -0.2) is 21.1 Å². The Bertz CT molecular complexity index is 1170. The molecule has 2 N–H and O–H groups in total. The number of nitrogens with zero attached hydrogens (tertiary/aromatic N) is 2. The van der Waals surface area contributed by atoms with Crippen LogP contribution in [0.25, 0.3) is 22.2 Å². The summed E-state index contributed by atoms with van der Waals surface area (Å²) >= 11 is 0. The minimum Gasteiger partial charge on any atom is -0.321 e. The maximum atomic E-state index is 13.3. The van der Waals surface area contributed by atoms with E-state index in [4.69, 9.17) is 0 Å². The summed E-state index contributed by atoms with van der Waals surface area (Å²) in [6.07, 6.45) is 1.72. The molecule has 1 amide bonds. The maximum absolute atomic E-state index is 13.3. The van der Waals surface area contributed by atoms with E-state index in [2.05, 4.69) is 20.5 Å². The number of hydrogen-bond acceptors (Lipinski definition) is 3. The van der Waals surface area contributed by atoms with Crippen molar-refractivity contribution in [3.05, 3.63) is 77.6 Å². The molecule has 0 atom stereocenters. The van der Waals surface area contributed by atoms with Crippen LogP contribution in [0.15, 0.2) is 54.7 Å². The second-order valence-corrected chi connectivity index (χ2v) is 6.12. The average molecular weight is 364 g/mol. The number of nitrogens with one attached hydrogen (secondary N) is 2. The van der Waals surface area contributed by atoms with E-state index in [0.717, 1.165) is 28.6 Å². The number of H-pyrrole nitrogens is 1. The van der Waals surface area contributed by atoms with Gasteiger partial charge < -0.3 is 5.32 Å². The van der Waals surface area contributed by atoms with Crippen LogP contribution in [0, 0.1) is 18.6 Å². The highest BCUT2D eigenvalue weighted by Crippen LogP contribution is 2.23. The van der Waals surface area contributed by atoms with Gasteiger partial charge in [0.15, 0.2) is 11.6 Å². The number of amides is 1. The van der Waals surface area contributed by atoms with E-state index in [9.17, 15) is 13.6 Å². The van der Waals surface area contributed by atoms with Crippen LogP contribution < -0.4 is 5.32 Å². The molecule has 0 bridgehead atoms. The van der Waals surface area contributed by atoms with Gasteiger partial charge in [0.25, 0.3) is 5.91 Å². The number of aromatic amines is 1. The monoisotopic (exact) mass is 364 g/mol. The lowest BCUT2D eigenvalue weighted by Crippen LogP contribution is -2.16. The number of rotatable bonds is 3. The molecule has 2 aromatic heterocycles. The van der Waals surface area contributed by atoms with Crippen molar-refractivity contribution in [2.24, 2.45) is 0 Å². The number of anilines is 1. The van der Waals surface area contributed by atoms with Gasteiger partial charge in [-0.25, -0.2) is 13.8 Å². The van der Waals surface area contributed by atoms with Crippen molar-refractivity contribution < 1.29 is 13.6 Å². The molecule has 0 aliphatic carbocycles. The van der Waals surface area contributed by atoms with E-state index in [-0.39, 0.29) is 11.4 Å². The van der Waals surface area contributed by atoms with Gasteiger partial charge in [-0.05, 0) is 36.8 Å². The molecule has 7 heteroatoms. The zero-order valence-corrected chi connectivity index (χ0v) is 14.3. The number of fused-ring (bicyclic) bond motifs is 1. The molecule has 0 spiro atoms. The third kappa shape index (κ3) is 3.27. The molecule has 0 radical (unpaired) electrons. The molecule has 0 saturated heterocycles. The first-order valence-corrected chi connectivity index (χ1v) is 8.19. The smallest absolute Gasteiger partial charge is 0.274 e. The molecule has 0 aliphatic heterocycles. The van der Waals surface area contributed by atoms with E-state index in [0.29, 0.717) is 11.3 Å². The van der Waals surface area contributed by atoms with E-state index >= 15 is 0 Å². The summed E-state index contributed by atoms with van der Waals surface area (Å²) < 4.78 is 26.4. The van der Waals surface area contributed by atoms with Crippen LogP contribution >= 0.6 is 0 Å². The Kier molecular flexibility index (Phi) is 4.12. The Morgan fingerprint density at radius 1 is 1.04 bits per heavy atom. The van der Waals surface area contributed by atoms with Crippen LogP contribution in [0.3, 0.4) is 0 Å². The van der Waals surface area contributed by atoms with Crippen LogP contribution in [0.4, 0.5) is 14.5 Å². The minimum absolute atomic E-state index is 0.157. The fraction of sp³-hybridized carbons (Fsp3) is 0.0500. The molecule has 134 valence electrons. The van der Waals surface area contributed by atoms with E-state index < -0.39 is 17.5 Å². The topological polar surface area (TPSA) is 70.7 Å². The van der Waals surface area contributed by atoms with E-state index in [1.165, 1.54) is 6.07 Å². The SMILES string of the molecule is Cc1ccc(-c2ccc3cn[nH]c3c2)nc1C(=O)Nc1ccc(F)c(F)c1. The number of benzene rings is 2. The van der Waals surface area contributed by atoms with Gasteiger partial charge >= 0.3 is 0 Å². The zero-order valence-electron chi connectivity index (χ0n) is 14.3. The Morgan fingerprint density at radius 3 is 2.70 bits per heavy atom. The highest BCUT2D eigenvalue weighted by atomic mass is 19.2. The number of carbonyl (C=O) groups is 1. The standard InChI is InChI=1S/C20H14F2N4O/c1-11-2-7-17(12-3-4-13-10-23-26-18(13)8-12)25-19(11)20(27)24-14-5-6-15(21)16(22)9-14/h2-10H,1H3,(H,23,26)(H,24,27). The molecule has 0 unspecified atom stereocenters. The number of aromatic nitrogens is 3. The van der Waals surface area contributed by atoms with Crippen molar-refractivity contribution in [3.63, 3.8) is 0 Å². The third-order valence-corrected chi connectivity index (χ3v) is 4.23. The first-order chi connectivity index (χ1) is 13.0. The lowest BCUT2D eigenvalue weighted by molar-refractivity contribution is 0.102. The molecule has 4 aromatic rings. The molecule has 2 aromatic carbocycles. The van der Waals surface area contributed by atoms with Gasteiger partial charge in [0.05, 0.1) is 17.4 Å². The summed E-state index contributed by atoms with van der Waals surface area (Å²) in [5.74, 6) is -2.50. The van der Waals surface area contributed by atoms with Gasteiger partial charge in [0, 0.05) is 22.7 Å². The predicted molar refractivity (Wildman–Crippen MR) is 98.4 cm³/mol. The van der Waals surface area contributed by atoms with E-state index in [1.54, 1.807) is 19.2 Å². The van der Waals surface area contributed by atoms with Gasteiger partial charge in [-0.3, -0.25) is 9.89 Å². The molecule has 0 aliphatic rings. The molecular formula is C20H14F2N4O. The van der Waals surface area contributed by atoms with Crippen LogP contribution in [-0.2, 0) is 0 Å². The summed E-state index contributed by atoms with van der Waals surface area (Å²) in [6.45, 7) is 1.76.